The molecule has 11 heavy (non-hydrogen) atoms. The Morgan fingerprint density at radius 3 is 2.91 bits per heavy atom. The molecule has 0 spiro atoms. The fraction of sp³-hybridized carbons (Fsp3) is 0.900. The Hall–Kier alpha value is -0.330. The van der Waals surface area contributed by atoms with E-state index in [2.05, 4.69) is 0 Å². The van der Waals surface area contributed by atoms with Crippen molar-refractivity contribution in [2.45, 2.75) is 33.5 Å². The van der Waals surface area contributed by atoms with Crippen molar-refractivity contribution in [3.63, 3.8) is 0 Å². The van der Waals surface area contributed by atoms with Gasteiger partial charge in [-0.25, -0.2) is 0 Å². The summed E-state index contributed by atoms with van der Waals surface area (Å²) in [5.41, 5.74) is -0.785. The molecule has 3 atom stereocenters. The van der Waals surface area contributed by atoms with Crippen LogP contribution in [0.1, 0.15) is 41.7 Å². The van der Waals surface area contributed by atoms with Gasteiger partial charge in [0.05, 0.1) is 0 Å². The Kier molecular flexibility index (Phi) is 0.546. The van der Waals surface area contributed by atoms with Crippen molar-refractivity contribution in [2.75, 3.05) is 0 Å². The van der Waals surface area contributed by atoms with Gasteiger partial charge in [-0.2, -0.15) is 0 Å². The van der Waals surface area contributed by atoms with Crippen molar-refractivity contribution < 1.29 is 13.0 Å². The van der Waals surface area contributed by atoms with Gasteiger partial charge in [-0.1, -0.05) is 20.6 Å². The van der Waals surface area contributed by atoms with Crippen molar-refractivity contribution in [3.05, 3.63) is 0 Å². The van der Waals surface area contributed by atoms with Crippen LogP contribution in [0.15, 0.2) is 0 Å². The molecule has 2 fully saturated rings. The van der Waals surface area contributed by atoms with Gasteiger partial charge in [0.25, 0.3) is 0 Å². The van der Waals surface area contributed by atoms with Crippen molar-refractivity contribution in [1.29, 1.82) is 0 Å². The summed E-state index contributed by atoms with van der Waals surface area (Å²) in [6.07, 6.45) is 0.696. The van der Waals surface area contributed by atoms with E-state index in [0.29, 0.717) is 6.42 Å². The predicted molar refractivity (Wildman–Crippen MR) is 44.2 cm³/mol. The summed E-state index contributed by atoms with van der Waals surface area (Å²) in [7, 11) is 0. The molecule has 0 amide bonds. The van der Waals surface area contributed by atoms with Crippen molar-refractivity contribution in [2.24, 2.45) is 23.2 Å². The van der Waals surface area contributed by atoms with Gasteiger partial charge in [-0.05, 0) is 23.7 Å². The number of carbonyl (C=O) groups excluding carboxylic acids is 1. The Balaban J connectivity index is 2.35. The van der Waals surface area contributed by atoms with Gasteiger partial charge in [0, 0.05) is 20.6 Å². The number of rotatable bonds is 1. The molecule has 2 aliphatic rings. The number of Topliss-reactive ketones (excluding diaryl/α,β-unsaturated/α-hetero) is 1. The van der Waals surface area contributed by atoms with E-state index < -0.39 is 25.0 Å². The fourth-order valence-electron chi connectivity index (χ4n) is 2.37. The van der Waals surface area contributed by atoms with E-state index >= 15 is 0 Å². The quantitative estimate of drug-likeness (QED) is 0.572. The third-order valence-electron chi connectivity index (χ3n) is 3.37. The molecule has 0 heterocycles. The summed E-state index contributed by atoms with van der Waals surface area (Å²) in [6, 6.07) is 0. The number of carbonyl (C=O) groups is 1. The maximum absolute atomic E-state index is 11.6. The van der Waals surface area contributed by atoms with Gasteiger partial charge in [-0.3, -0.25) is 4.79 Å². The Labute approximate surface area is 76.6 Å². The Morgan fingerprint density at radius 2 is 2.45 bits per heavy atom. The van der Waals surface area contributed by atoms with E-state index in [1.807, 2.05) is 0 Å². The van der Waals surface area contributed by atoms with Gasteiger partial charge < -0.3 is 0 Å². The lowest BCUT2D eigenvalue weighted by Gasteiger charge is -2.14. The molecule has 0 aromatic heterocycles. The van der Waals surface area contributed by atoms with Gasteiger partial charge in [0.1, 0.15) is 5.78 Å². The van der Waals surface area contributed by atoms with Crippen LogP contribution in [0.4, 0.5) is 0 Å². The van der Waals surface area contributed by atoms with Gasteiger partial charge in [0.15, 0.2) is 0 Å². The minimum atomic E-state index is -2.52. The van der Waals surface area contributed by atoms with Crippen molar-refractivity contribution >= 4 is 5.78 Å². The molecule has 0 saturated heterocycles. The van der Waals surface area contributed by atoms with Crippen LogP contribution in [0.25, 0.3) is 0 Å². The average Bonchev–Trinajstić information content (AvgIpc) is 2.66. The molecule has 2 rings (SSSR count). The minimum absolute atomic E-state index is 0.0137. The summed E-state index contributed by atoms with van der Waals surface area (Å²) in [6.45, 7) is -3.27. The molecule has 0 N–H and O–H groups in total. The molecule has 0 bridgehead atoms. The monoisotopic (exact) mass is 158 g/mol. The van der Waals surface area contributed by atoms with E-state index in [4.69, 9.17) is 8.22 Å². The smallest absolute Gasteiger partial charge is 0.136 e. The second kappa shape index (κ2) is 1.88. The maximum Gasteiger partial charge on any atom is 0.136 e. The minimum Gasteiger partial charge on any atom is -0.299 e. The lowest BCUT2D eigenvalue weighted by Crippen LogP contribution is -2.10. The lowest BCUT2D eigenvalue weighted by molar-refractivity contribution is -0.121. The first kappa shape index (κ1) is 3.20. The Morgan fingerprint density at radius 1 is 1.73 bits per heavy atom. The number of hydrogen-bond donors (Lipinski definition) is 0. The molecule has 2 saturated carbocycles. The maximum atomic E-state index is 11.6. The topological polar surface area (TPSA) is 17.1 Å². The zero-order valence-corrected chi connectivity index (χ0v) is 6.55. The Bertz CT molecular complexity index is 343. The third kappa shape index (κ3) is 0.743. The van der Waals surface area contributed by atoms with Crippen LogP contribution in [-0.4, -0.2) is 5.78 Å². The average molecular weight is 158 g/mol. The van der Waals surface area contributed by atoms with Crippen LogP contribution in [0.3, 0.4) is 0 Å². The fourth-order valence-corrected chi connectivity index (χ4v) is 2.37. The van der Waals surface area contributed by atoms with Crippen LogP contribution in [0, 0.1) is 23.2 Å². The van der Waals surface area contributed by atoms with E-state index in [9.17, 15) is 4.79 Å². The zero-order valence-electron chi connectivity index (χ0n) is 12.6. The van der Waals surface area contributed by atoms with Crippen molar-refractivity contribution in [1.82, 2.24) is 0 Å². The first-order chi connectivity index (χ1) is 7.50. The molecular weight excluding hydrogens is 136 g/mol. The van der Waals surface area contributed by atoms with Crippen molar-refractivity contribution in [3.8, 4) is 0 Å². The SMILES string of the molecule is [2H]C([2H])([2H])C(C([2H])([2H])[2H])[C@]12CC(=O)[C@H](C)[C@H]1C2. The molecule has 0 aromatic rings. The largest absolute Gasteiger partial charge is 0.299 e. The molecule has 1 heteroatoms. The van der Waals surface area contributed by atoms with Crippen LogP contribution in [0.5, 0.6) is 0 Å². The molecule has 0 aromatic carbocycles. The molecule has 1 nitrogen and oxygen atoms in total. The first-order valence-corrected chi connectivity index (χ1v) is 4.03. The molecule has 0 radical (unpaired) electrons. The summed E-state index contributed by atoms with van der Waals surface area (Å²) in [5.74, 6) is -1.57. The van der Waals surface area contributed by atoms with Gasteiger partial charge in [0.2, 0.25) is 0 Å². The summed E-state index contributed by atoms with van der Waals surface area (Å²) in [4.78, 5) is 11.6. The second-order valence-electron chi connectivity index (χ2n) is 3.91. The lowest BCUT2D eigenvalue weighted by atomic mass is 9.90. The summed E-state index contributed by atoms with van der Waals surface area (Å²) in [5, 5.41) is 0. The number of ketones is 1. The summed E-state index contributed by atoms with van der Waals surface area (Å²) >= 11 is 0. The van der Waals surface area contributed by atoms with E-state index in [0.717, 1.165) is 0 Å². The number of fused-ring (bicyclic) bond motifs is 1. The van der Waals surface area contributed by atoms with Crippen LogP contribution < -0.4 is 0 Å². The third-order valence-corrected chi connectivity index (χ3v) is 3.37. The van der Waals surface area contributed by atoms with E-state index in [-0.39, 0.29) is 24.0 Å². The molecular formula is C10H16O. The van der Waals surface area contributed by atoms with Crippen LogP contribution in [-0.2, 0) is 4.79 Å². The molecule has 2 aliphatic carbocycles. The highest BCUT2D eigenvalue weighted by Crippen LogP contribution is 2.68. The van der Waals surface area contributed by atoms with E-state index in [1.54, 1.807) is 6.92 Å². The molecule has 0 unspecified atom stereocenters. The number of hydrogen-bond acceptors (Lipinski definition) is 1. The first-order valence-electron chi connectivity index (χ1n) is 7.03. The highest BCUT2D eigenvalue weighted by atomic mass is 16.1. The highest BCUT2D eigenvalue weighted by molar-refractivity contribution is 5.86. The highest BCUT2D eigenvalue weighted by Gasteiger charge is 2.64. The van der Waals surface area contributed by atoms with Gasteiger partial charge >= 0.3 is 0 Å². The summed E-state index contributed by atoms with van der Waals surface area (Å²) < 4.78 is 44.7. The van der Waals surface area contributed by atoms with Gasteiger partial charge in [-0.15, -0.1) is 0 Å². The van der Waals surface area contributed by atoms with Crippen LogP contribution >= 0.6 is 0 Å². The molecule has 62 valence electrons. The molecule has 0 aliphatic heterocycles. The standard InChI is InChI=1S/C10H16O/c1-6(2)10-4-8(10)7(3)9(11)5-10/h6-8H,4-5H2,1-3H3/t7-,8-,10+/m1/s1/i1D3,2D3. The predicted octanol–water partition coefficient (Wildman–Crippen LogP) is 2.26. The van der Waals surface area contributed by atoms with E-state index in [1.165, 1.54) is 0 Å². The zero-order chi connectivity index (χ0) is 13.2. The normalized spacial score (nSPS) is 58.5. The second-order valence-corrected chi connectivity index (χ2v) is 3.91. The van der Waals surface area contributed by atoms with Crippen LogP contribution in [0.2, 0.25) is 0 Å².